The van der Waals surface area contributed by atoms with E-state index in [9.17, 15) is 4.79 Å². The molecular formula is C23H37N3O. The minimum atomic E-state index is 0.115. The molecule has 1 amide bonds. The van der Waals surface area contributed by atoms with Crippen molar-refractivity contribution in [1.82, 2.24) is 10.2 Å². The van der Waals surface area contributed by atoms with Crippen LogP contribution in [0.3, 0.4) is 0 Å². The lowest BCUT2D eigenvalue weighted by molar-refractivity contribution is -0.120. The van der Waals surface area contributed by atoms with Crippen LogP contribution in [-0.2, 0) is 11.3 Å². The minimum Gasteiger partial charge on any atom is -0.376 e. The first-order valence-electron chi connectivity index (χ1n) is 10.9. The van der Waals surface area contributed by atoms with Gasteiger partial charge in [-0.05, 0) is 50.3 Å². The Labute approximate surface area is 165 Å². The van der Waals surface area contributed by atoms with E-state index in [0.29, 0.717) is 24.5 Å². The van der Waals surface area contributed by atoms with Gasteiger partial charge in [0.05, 0.1) is 6.54 Å². The van der Waals surface area contributed by atoms with Crippen LogP contribution in [0.2, 0.25) is 0 Å². The Bertz CT molecular complexity index is 597. The summed E-state index contributed by atoms with van der Waals surface area (Å²) in [6.45, 7) is 3.55. The Hall–Kier alpha value is -1.55. The molecule has 0 aromatic heterocycles. The number of carbonyl (C=O) groups is 1. The average molecular weight is 372 g/mol. The fourth-order valence-corrected chi connectivity index (χ4v) is 4.71. The summed E-state index contributed by atoms with van der Waals surface area (Å²) >= 11 is 0. The molecule has 27 heavy (non-hydrogen) atoms. The second-order valence-electron chi connectivity index (χ2n) is 8.65. The van der Waals surface area contributed by atoms with Crippen LogP contribution in [0.15, 0.2) is 24.3 Å². The van der Waals surface area contributed by atoms with Crippen molar-refractivity contribution in [2.24, 2.45) is 5.92 Å². The van der Waals surface area contributed by atoms with E-state index in [1.54, 1.807) is 0 Å². The molecule has 0 spiro atoms. The molecule has 1 aromatic carbocycles. The number of rotatable bonds is 7. The van der Waals surface area contributed by atoms with Crippen LogP contribution in [0, 0.1) is 5.92 Å². The lowest BCUT2D eigenvalue weighted by Gasteiger charge is -2.32. The molecule has 150 valence electrons. The summed E-state index contributed by atoms with van der Waals surface area (Å²) in [7, 11) is 2.24. The van der Waals surface area contributed by atoms with Gasteiger partial charge in [0, 0.05) is 24.3 Å². The second kappa shape index (κ2) is 10.1. The van der Waals surface area contributed by atoms with Gasteiger partial charge in [0.2, 0.25) is 5.91 Å². The summed E-state index contributed by atoms with van der Waals surface area (Å²) < 4.78 is 0. The molecule has 0 aliphatic heterocycles. The number of para-hydroxylation sites is 1. The molecule has 2 saturated carbocycles. The van der Waals surface area contributed by atoms with Crippen LogP contribution < -0.4 is 10.6 Å². The van der Waals surface area contributed by atoms with Crippen LogP contribution in [0.1, 0.15) is 70.3 Å². The molecule has 2 unspecified atom stereocenters. The normalized spacial score (nSPS) is 24.0. The molecule has 2 atom stereocenters. The predicted octanol–water partition coefficient (Wildman–Crippen LogP) is 4.56. The summed E-state index contributed by atoms with van der Waals surface area (Å²) in [6, 6.07) is 9.47. The van der Waals surface area contributed by atoms with E-state index in [1.165, 1.54) is 56.9 Å². The highest BCUT2D eigenvalue weighted by Crippen LogP contribution is 2.25. The Morgan fingerprint density at radius 1 is 1.04 bits per heavy atom. The maximum absolute atomic E-state index is 12.4. The zero-order valence-corrected chi connectivity index (χ0v) is 17.2. The number of benzene rings is 1. The SMILES string of the molecule is CC1CCCCC1NC(=O)CNc1ccccc1CN(C)C1CCCCC1. The maximum atomic E-state index is 12.4. The Kier molecular flexibility index (Phi) is 7.57. The first-order chi connectivity index (χ1) is 13.1. The van der Waals surface area contributed by atoms with E-state index < -0.39 is 0 Å². The molecular weight excluding hydrogens is 334 g/mol. The topological polar surface area (TPSA) is 44.4 Å². The van der Waals surface area contributed by atoms with Crippen molar-refractivity contribution in [1.29, 1.82) is 0 Å². The summed E-state index contributed by atoms with van der Waals surface area (Å²) in [5.41, 5.74) is 2.37. The smallest absolute Gasteiger partial charge is 0.239 e. The highest BCUT2D eigenvalue weighted by atomic mass is 16.2. The number of amides is 1. The van der Waals surface area contributed by atoms with E-state index in [0.717, 1.165) is 18.7 Å². The van der Waals surface area contributed by atoms with Crippen LogP contribution in [0.4, 0.5) is 5.69 Å². The van der Waals surface area contributed by atoms with Gasteiger partial charge in [-0.1, -0.05) is 57.2 Å². The summed E-state index contributed by atoms with van der Waals surface area (Å²) in [5, 5.41) is 6.63. The zero-order valence-electron chi connectivity index (χ0n) is 17.2. The molecule has 2 N–H and O–H groups in total. The average Bonchev–Trinajstić information content (AvgIpc) is 2.70. The highest BCUT2D eigenvalue weighted by molar-refractivity contribution is 5.81. The van der Waals surface area contributed by atoms with Gasteiger partial charge in [-0.3, -0.25) is 9.69 Å². The Morgan fingerprint density at radius 3 is 2.52 bits per heavy atom. The fraction of sp³-hybridized carbons (Fsp3) is 0.696. The van der Waals surface area contributed by atoms with Crippen molar-refractivity contribution >= 4 is 11.6 Å². The quantitative estimate of drug-likeness (QED) is 0.738. The van der Waals surface area contributed by atoms with Crippen LogP contribution in [0.5, 0.6) is 0 Å². The monoisotopic (exact) mass is 371 g/mol. The number of nitrogens with zero attached hydrogens (tertiary/aromatic N) is 1. The Morgan fingerprint density at radius 2 is 1.74 bits per heavy atom. The van der Waals surface area contributed by atoms with Gasteiger partial charge in [-0.25, -0.2) is 0 Å². The van der Waals surface area contributed by atoms with E-state index in [4.69, 9.17) is 0 Å². The molecule has 3 rings (SSSR count). The van der Waals surface area contributed by atoms with Gasteiger partial charge < -0.3 is 10.6 Å². The van der Waals surface area contributed by atoms with Crippen LogP contribution in [0.25, 0.3) is 0 Å². The fourth-order valence-electron chi connectivity index (χ4n) is 4.71. The van der Waals surface area contributed by atoms with E-state index in [2.05, 4.69) is 47.7 Å². The first-order valence-corrected chi connectivity index (χ1v) is 10.9. The molecule has 0 radical (unpaired) electrons. The third-order valence-electron chi connectivity index (χ3n) is 6.53. The van der Waals surface area contributed by atoms with Gasteiger partial charge in [-0.15, -0.1) is 0 Å². The molecule has 2 aliphatic carbocycles. The molecule has 0 saturated heterocycles. The van der Waals surface area contributed by atoms with Crippen LogP contribution in [-0.4, -0.2) is 36.5 Å². The van der Waals surface area contributed by atoms with Gasteiger partial charge in [0.1, 0.15) is 0 Å². The lowest BCUT2D eigenvalue weighted by Crippen LogP contribution is -2.43. The molecule has 0 bridgehead atoms. The molecule has 4 heteroatoms. The van der Waals surface area contributed by atoms with Crippen molar-refractivity contribution in [3.05, 3.63) is 29.8 Å². The highest BCUT2D eigenvalue weighted by Gasteiger charge is 2.23. The van der Waals surface area contributed by atoms with Gasteiger partial charge >= 0.3 is 0 Å². The van der Waals surface area contributed by atoms with Crippen molar-refractivity contribution in [3.8, 4) is 0 Å². The summed E-state index contributed by atoms with van der Waals surface area (Å²) in [6.07, 6.45) is 11.6. The number of hydrogen-bond acceptors (Lipinski definition) is 3. The largest absolute Gasteiger partial charge is 0.376 e. The molecule has 2 fully saturated rings. The van der Waals surface area contributed by atoms with E-state index in [-0.39, 0.29) is 5.91 Å². The zero-order chi connectivity index (χ0) is 19.1. The molecule has 2 aliphatic rings. The number of nitrogens with one attached hydrogen (secondary N) is 2. The van der Waals surface area contributed by atoms with Crippen molar-refractivity contribution < 1.29 is 4.79 Å². The number of hydrogen-bond donors (Lipinski definition) is 2. The lowest BCUT2D eigenvalue weighted by atomic mass is 9.86. The second-order valence-corrected chi connectivity index (χ2v) is 8.65. The van der Waals surface area contributed by atoms with E-state index in [1.807, 2.05) is 6.07 Å². The van der Waals surface area contributed by atoms with Gasteiger partial charge in [0.25, 0.3) is 0 Å². The third kappa shape index (κ3) is 5.97. The third-order valence-corrected chi connectivity index (χ3v) is 6.53. The first kappa shape index (κ1) is 20.2. The summed E-state index contributed by atoms with van der Waals surface area (Å²) in [4.78, 5) is 14.9. The van der Waals surface area contributed by atoms with Crippen molar-refractivity contribution in [3.63, 3.8) is 0 Å². The van der Waals surface area contributed by atoms with Gasteiger partial charge in [0.15, 0.2) is 0 Å². The minimum absolute atomic E-state index is 0.115. The van der Waals surface area contributed by atoms with Crippen molar-refractivity contribution in [2.45, 2.75) is 83.3 Å². The Balaban J connectivity index is 1.51. The predicted molar refractivity (Wildman–Crippen MR) is 113 cm³/mol. The number of anilines is 1. The molecule has 4 nitrogen and oxygen atoms in total. The van der Waals surface area contributed by atoms with Gasteiger partial charge in [-0.2, -0.15) is 0 Å². The molecule has 1 aromatic rings. The van der Waals surface area contributed by atoms with Crippen molar-refractivity contribution in [2.75, 3.05) is 18.9 Å². The maximum Gasteiger partial charge on any atom is 0.239 e. The number of carbonyl (C=O) groups excluding carboxylic acids is 1. The standard InChI is InChI=1S/C23H37N3O/c1-18-10-6-8-14-21(18)25-23(27)16-24-22-15-9-7-11-19(22)17-26(2)20-12-4-3-5-13-20/h7,9,11,15,18,20-21,24H,3-6,8,10,12-14,16-17H2,1-2H3,(H,25,27). The molecule has 0 heterocycles. The van der Waals surface area contributed by atoms with E-state index >= 15 is 0 Å². The van der Waals surface area contributed by atoms with Crippen LogP contribution >= 0.6 is 0 Å². The summed E-state index contributed by atoms with van der Waals surface area (Å²) in [5.74, 6) is 0.711.